The van der Waals surface area contributed by atoms with E-state index in [0.717, 1.165) is 24.3 Å². The number of hydrogen-bond donors (Lipinski definition) is 1. The Hall–Kier alpha value is -2.26. The van der Waals surface area contributed by atoms with Crippen LogP contribution in [0.2, 0.25) is 10.0 Å². The molecule has 0 amide bonds. The number of nitrogens with one attached hydrogen (secondary N) is 1. The van der Waals surface area contributed by atoms with Gasteiger partial charge in [0.05, 0.1) is 31.3 Å². The second kappa shape index (κ2) is 8.00. The van der Waals surface area contributed by atoms with Crippen molar-refractivity contribution < 1.29 is 23.8 Å². The number of quaternary nitrogens is 1. The number of halogens is 2. The summed E-state index contributed by atoms with van der Waals surface area (Å²) in [5, 5.41) is 1.03. The molecule has 0 saturated heterocycles. The lowest BCUT2D eigenvalue weighted by Crippen LogP contribution is -3.10. The maximum absolute atomic E-state index is 6.14. The molecule has 2 heterocycles. The maximum Gasteiger partial charge on any atom is 0.231 e. The third-order valence-electron chi connectivity index (χ3n) is 4.96. The summed E-state index contributed by atoms with van der Waals surface area (Å²) in [4.78, 5) is 1.29. The molecule has 4 rings (SSSR count). The van der Waals surface area contributed by atoms with E-state index in [1.165, 1.54) is 10.5 Å². The van der Waals surface area contributed by atoms with E-state index in [1.807, 2.05) is 6.07 Å². The van der Waals surface area contributed by atoms with Gasteiger partial charge >= 0.3 is 0 Å². The number of fused-ring (bicyclic) bond motifs is 2. The molecule has 2 atom stereocenters. The van der Waals surface area contributed by atoms with Gasteiger partial charge in [-0.1, -0.05) is 29.1 Å². The van der Waals surface area contributed by atoms with Crippen LogP contribution in [0.4, 0.5) is 0 Å². The zero-order chi connectivity index (χ0) is 19.7. The number of ether oxygens (including phenoxy) is 4. The monoisotopic (exact) mass is 420 g/mol. The van der Waals surface area contributed by atoms with Crippen molar-refractivity contribution in [1.82, 2.24) is 0 Å². The highest BCUT2D eigenvalue weighted by Gasteiger charge is 2.35. The first-order valence-corrected chi connectivity index (χ1v) is 9.72. The van der Waals surface area contributed by atoms with E-state index >= 15 is 0 Å². The van der Waals surface area contributed by atoms with Crippen molar-refractivity contribution in [3.8, 4) is 34.8 Å². The summed E-state index contributed by atoms with van der Waals surface area (Å²) < 4.78 is 22.5. The molecule has 0 fully saturated rings. The summed E-state index contributed by atoms with van der Waals surface area (Å²) in [5.41, 5.74) is 2.25. The number of methoxy groups -OCH3 is 1. The first-order valence-electron chi connectivity index (χ1n) is 8.96. The Morgan fingerprint density at radius 1 is 1.25 bits per heavy atom. The second-order valence-electron chi connectivity index (χ2n) is 6.68. The van der Waals surface area contributed by atoms with Gasteiger partial charge in [-0.15, -0.1) is 0 Å². The fourth-order valence-electron chi connectivity index (χ4n) is 3.57. The molecular weight excluding hydrogens is 401 g/mol. The molecule has 0 saturated carbocycles. The summed E-state index contributed by atoms with van der Waals surface area (Å²) >= 11 is 12.0. The van der Waals surface area contributed by atoms with Crippen LogP contribution in [0.1, 0.15) is 17.2 Å². The van der Waals surface area contributed by atoms with E-state index in [9.17, 15) is 0 Å². The molecular formula is C21H20Cl2NO4+. The highest BCUT2D eigenvalue weighted by Crippen LogP contribution is 2.47. The molecule has 0 bridgehead atoms. The van der Waals surface area contributed by atoms with Gasteiger partial charge in [0.15, 0.2) is 17.5 Å². The molecule has 0 radical (unpaired) electrons. The van der Waals surface area contributed by atoms with E-state index in [4.69, 9.17) is 42.1 Å². The van der Waals surface area contributed by atoms with Crippen molar-refractivity contribution in [1.29, 1.82) is 0 Å². The van der Waals surface area contributed by atoms with Crippen LogP contribution >= 0.6 is 23.2 Å². The first-order chi connectivity index (χ1) is 13.6. The number of benzene rings is 2. The van der Waals surface area contributed by atoms with Gasteiger partial charge in [0.25, 0.3) is 0 Å². The van der Waals surface area contributed by atoms with Crippen LogP contribution in [0.15, 0.2) is 24.3 Å². The Morgan fingerprint density at radius 3 is 2.89 bits per heavy atom. The Balaban J connectivity index is 1.59. The normalized spacial score (nSPS) is 19.4. The van der Waals surface area contributed by atoms with Crippen LogP contribution in [-0.2, 0) is 6.42 Å². The molecule has 0 aliphatic carbocycles. The van der Waals surface area contributed by atoms with Gasteiger partial charge in [0.2, 0.25) is 12.5 Å². The van der Waals surface area contributed by atoms with E-state index in [0.29, 0.717) is 27.3 Å². The standard InChI is InChI=1S/C21H19Cl2NO4/c1-24-8-7-13-10-18-20(28-12-27-18)21(25-2)19(13)16(24)4-3-9-26-17-6-5-14(22)11-15(17)23/h5-6,10-11,16H,7-9,12H2,1-2H3/p+1/t16-/m0/s1. The summed E-state index contributed by atoms with van der Waals surface area (Å²) in [6.07, 6.45) is 0.934. The van der Waals surface area contributed by atoms with Crippen molar-refractivity contribution >= 4 is 23.2 Å². The summed E-state index contributed by atoms with van der Waals surface area (Å²) in [5.74, 6) is 9.13. The molecule has 2 aliphatic rings. The zero-order valence-electron chi connectivity index (χ0n) is 15.6. The van der Waals surface area contributed by atoms with Gasteiger partial charge in [-0.2, -0.15) is 0 Å². The Labute approximate surface area is 174 Å². The topological polar surface area (TPSA) is 41.4 Å². The summed E-state index contributed by atoms with van der Waals surface area (Å²) in [6, 6.07) is 7.12. The van der Waals surface area contributed by atoms with E-state index < -0.39 is 0 Å². The Morgan fingerprint density at radius 2 is 2.11 bits per heavy atom. The number of likely N-dealkylation sites (N-methyl/N-ethyl adjacent to an activating group) is 1. The van der Waals surface area contributed by atoms with Crippen molar-refractivity contribution in [3.05, 3.63) is 45.4 Å². The summed E-state index contributed by atoms with van der Waals surface area (Å²) in [6.45, 7) is 1.41. The average Bonchev–Trinajstić information content (AvgIpc) is 3.14. The van der Waals surface area contributed by atoms with Gasteiger partial charge < -0.3 is 23.8 Å². The highest BCUT2D eigenvalue weighted by atomic mass is 35.5. The Kier molecular flexibility index (Phi) is 5.45. The van der Waals surface area contributed by atoms with Crippen LogP contribution in [0, 0.1) is 11.8 Å². The molecule has 28 heavy (non-hydrogen) atoms. The van der Waals surface area contributed by atoms with Gasteiger partial charge in [-0.25, -0.2) is 0 Å². The third kappa shape index (κ3) is 3.56. The lowest BCUT2D eigenvalue weighted by molar-refractivity contribution is -0.905. The maximum atomic E-state index is 6.14. The molecule has 1 N–H and O–H groups in total. The first kappa shape index (κ1) is 19.1. The summed E-state index contributed by atoms with van der Waals surface area (Å²) in [7, 11) is 3.78. The highest BCUT2D eigenvalue weighted by molar-refractivity contribution is 6.35. The molecule has 146 valence electrons. The zero-order valence-corrected chi connectivity index (χ0v) is 17.1. The fraction of sp³-hybridized carbons (Fsp3) is 0.333. The van der Waals surface area contributed by atoms with E-state index in [2.05, 4.69) is 18.9 Å². The number of hydrogen-bond acceptors (Lipinski definition) is 4. The van der Waals surface area contributed by atoms with E-state index in [1.54, 1.807) is 25.3 Å². The van der Waals surface area contributed by atoms with E-state index in [-0.39, 0.29) is 19.4 Å². The van der Waals surface area contributed by atoms with Crippen LogP contribution in [0.3, 0.4) is 0 Å². The van der Waals surface area contributed by atoms with Gasteiger partial charge in [0, 0.05) is 11.4 Å². The van der Waals surface area contributed by atoms with Crippen molar-refractivity contribution in [3.63, 3.8) is 0 Å². The lowest BCUT2D eigenvalue weighted by atomic mass is 9.91. The predicted molar refractivity (Wildman–Crippen MR) is 107 cm³/mol. The molecule has 2 aliphatic heterocycles. The smallest absolute Gasteiger partial charge is 0.231 e. The molecule has 0 aromatic heterocycles. The van der Waals surface area contributed by atoms with Crippen LogP contribution in [0.5, 0.6) is 23.0 Å². The van der Waals surface area contributed by atoms with Gasteiger partial charge in [0.1, 0.15) is 12.4 Å². The number of rotatable bonds is 3. The van der Waals surface area contributed by atoms with Crippen LogP contribution in [-0.4, -0.2) is 34.1 Å². The SMILES string of the molecule is COc1c2c(cc3c1[C@H](C#CCOc1ccc(Cl)cc1Cl)[NH+](C)CC3)OCO2. The minimum atomic E-state index is -0.0440. The second-order valence-corrected chi connectivity index (χ2v) is 7.52. The van der Waals surface area contributed by atoms with Crippen molar-refractivity contribution in [2.24, 2.45) is 0 Å². The molecule has 5 nitrogen and oxygen atoms in total. The molecule has 2 aromatic rings. The largest absolute Gasteiger partial charge is 0.492 e. The van der Waals surface area contributed by atoms with Gasteiger partial charge in [-0.3, -0.25) is 0 Å². The molecule has 0 spiro atoms. The van der Waals surface area contributed by atoms with Crippen molar-refractivity contribution in [2.45, 2.75) is 12.5 Å². The fourth-order valence-corrected chi connectivity index (χ4v) is 4.03. The molecule has 1 unspecified atom stereocenters. The third-order valence-corrected chi connectivity index (χ3v) is 5.49. The van der Waals surface area contributed by atoms with Gasteiger partial charge in [-0.05, 0) is 35.7 Å². The lowest BCUT2D eigenvalue weighted by Gasteiger charge is -2.30. The van der Waals surface area contributed by atoms with Crippen molar-refractivity contribution in [2.75, 3.05) is 34.1 Å². The predicted octanol–water partition coefficient (Wildman–Crippen LogP) is 2.93. The minimum absolute atomic E-state index is 0.0440. The Bertz CT molecular complexity index is 967. The quantitative estimate of drug-likeness (QED) is 0.775. The molecule has 2 aromatic carbocycles. The minimum Gasteiger partial charge on any atom is -0.492 e. The van der Waals surface area contributed by atoms with Crippen LogP contribution < -0.4 is 23.8 Å². The average molecular weight is 421 g/mol. The molecule has 7 heteroatoms. The van der Waals surface area contributed by atoms with Crippen LogP contribution in [0.25, 0.3) is 0 Å².